The molecule has 0 heterocycles. The summed E-state index contributed by atoms with van der Waals surface area (Å²) in [4.78, 5) is 12.7. The summed E-state index contributed by atoms with van der Waals surface area (Å²) in [6.45, 7) is 3.81. The summed E-state index contributed by atoms with van der Waals surface area (Å²) in [6, 6.07) is 7.66. The van der Waals surface area contributed by atoms with Gasteiger partial charge in [-0.05, 0) is 37.1 Å². The first kappa shape index (κ1) is 13.8. The molecule has 1 aromatic rings. The predicted octanol–water partition coefficient (Wildman–Crippen LogP) is 3.42. The molecule has 4 heteroatoms. The number of carboxylic acid groups (broad SMARTS) is 1. The third kappa shape index (κ3) is 5.09. The van der Waals surface area contributed by atoms with E-state index in [9.17, 15) is 4.79 Å². The largest absolute Gasteiger partial charge is 0.481 e. The van der Waals surface area contributed by atoms with Gasteiger partial charge < -0.3 is 10.0 Å². The molecule has 1 aromatic carbocycles. The van der Waals surface area contributed by atoms with E-state index in [0.717, 1.165) is 30.2 Å². The number of rotatable bonds is 7. The minimum absolute atomic E-state index is 0.216. The molecule has 0 aromatic heterocycles. The number of halogens is 1. The molecule has 94 valence electrons. The van der Waals surface area contributed by atoms with Crippen molar-refractivity contribution >= 4 is 23.3 Å². The third-order valence-corrected chi connectivity index (χ3v) is 2.76. The van der Waals surface area contributed by atoms with Crippen LogP contribution in [0.4, 0.5) is 5.69 Å². The Hall–Kier alpha value is -1.22. The summed E-state index contributed by atoms with van der Waals surface area (Å²) >= 11 is 5.84. The maximum atomic E-state index is 10.5. The fourth-order valence-electron chi connectivity index (χ4n) is 1.71. The van der Waals surface area contributed by atoms with Crippen LogP contribution in [-0.2, 0) is 4.79 Å². The van der Waals surface area contributed by atoms with Gasteiger partial charge >= 0.3 is 5.97 Å². The highest BCUT2D eigenvalue weighted by molar-refractivity contribution is 6.30. The van der Waals surface area contributed by atoms with E-state index in [2.05, 4.69) is 11.8 Å². The van der Waals surface area contributed by atoms with Crippen LogP contribution in [0.2, 0.25) is 5.02 Å². The first-order chi connectivity index (χ1) is 8.13. The zero-order chi connectivity index (χ0) is 12.7. The Morgan fingerprint density at radius 3 is 2.47 bits per heavy atom. The van der Waals surface area contributed by atoms with E-state index in [1.54, 1.807) is 0 Å². The summed E-state index contributed by atoms with van der Waals surface area (Å²) in [5.41, 5.74) is 1.10. The lowest BCUT2D eigenvalue weighted by Gasteiger charge is -2.24. The van der Waals surface area contributed by atoms with Gasteiger partial charge in [0.15, 0.2) is 0 Å². The lowest BCUT2D eigenvalue weighted by Crippen LogP contribution is -2.25. The maximum Gasteiger partial charge on any atom is 0.303 e. The average Bonchev–Trinajstić information content (AvgIpc) is 2.29. The third-order valence-electron chi connectivity index (χ3n) is 2.50. The highest BCUT2D eigenvalue weighted by atomic mass is 35.5. The molecular formula is C13H18ClNO2. The summed E-state index contributed by atoms with van der Waals surface area (Å²) in [7, 11) is 0. The van der Waals surface area contributed by atoms with E-state index in [1.165, 1.54) is 0 Å². The number of aliphatic carboxylic acids is 1. The second-order valence-corrected chi connectivity index (χ2v) is 4.40. The standard InChI is InChI=1S/C13H18ClNO2/c1-2-9-15(10-3-4-13(16)17)12-7-5-11(14)6-8-12/h5-8H,2-4,9-10H2,1H3,(H,16,17). The van der Waals surface area contributed by atoms with Gasteiger partial charge in [0.1, 0.15) is 0 Å². The van der Waals surface area contributed by atoms with Crippen molar-refractivity contribution in [3.05, 3.63) is 29.3 Å². The van der Waals surface area contributed by atoms with Crippen molar-refractivity contribution in [3.8, 4) is 0 Å². The zero-order valence-corrected chi connectivity index (χ0v) is 10.8. The van der Waals surface area contributed by atoms with Gasteiger partial charge in [0.25, 0.3) is 0 Å². The number of carboxylic acids is 1. The quantitative estimate of drug-likeness (QED) is 0.812. The van der Waals surface area contributed by atoms with Crippen molar-refractivity contribution in [2.24, 2.45) is 0 Å². The molecule has 1 rings (SSSR count). The van der Waals surface area contributed by atoms with E-state index in [-0.39, 0.29) is 6.42 Å². The summed E-state index contributed by atoms with van der Waals surface area (Å²) in [5.74, 6) is -0.738. The number of nitrogens with zero attached hydrogens (tertiary/aromatic N) is 1. The normalized spacial score (nSPS) is 10.2. The van der Waals surface area contributed by atoms with Gasteiger partial charge in [-0.2, -0.15) is 0 Å². The van der Waals surface area contributed by atoms with Gasteiger partial charge in [0.2, 0.25) is 0 Å². The molecule has 0 spiro atoms. The Bertz CT molecular complexity index is 351. The lowest BCUT2D eigenvalue weighted by atomic mass is 10.2. The van der Waals surface area contributed by atoms with E-state index in [4.69, 9.17) is 16.7 Å². The predicted molar refractivity (Wildman–Crippen MR) is 70.8 cm³/mol. The van der Waals surface area contributed by atoms with Crippen LogP contribution in [0.3, 0.4) is 0 Å². The minimum atomic E-state index is -0.738. The van der Waals surface area contributed by atoms with Crippen molar-refractivity contribution in [1.29, 1.82) is 0 Å². The Labute approximate surface area is 107 Å². The molecule has 1 N–H and O–H groups in total. The van der Waals surface area contributed by atoms with Crippen LogP contribution in [-0.4, -0.2) is 24.2 Å². The van der Waals surface area contributed by atoms with Crippen LogP contribution in [0.1, 0.15) is 26.2 Å². The molecule has 0 aliphatic carbocycles. The smallest absolute Gasteiger partial charge is 0.303 e. The molecule has 0 aliphatic rings. The zero-order valence-electron chi connectivity index (χ0n) is 10.0. The Morgan fingerprint density at radius 1 is 1.29 bits per heavy atom. The molecule has 3 nitrogen and oxygen atoms in total. The Morgan fingerprint density at radius 2 is 1.94 bits per heavy atom. The summed E-state index contributed by atoms with van der Waals surface area (Å²) in [6.07, 6.45) is 1.92. The molecule has 0 aliphatic heterocycles. The van der Waals surface area contributed by atoms with E-state index < -0.39 is 5.97 Å². The fraction of sp³-hybridized carbons (Fsp3) is 0.462. The molecule has 0 saturated carbocycles. The minimum Gasteiger partial charge on any atom is -0.481 e. The van der Waals surface area contributed by atoms with Gasteiger partial charge in [-0.1, -0.05) is 18.5 Å². The van der Waals surface area contributed by atoms with Crippen LogP contribution >= 0.6 is 11.6 Å². The number of hydrogen-bond acceptors (Lipinski definition) is 2. The first-order valence-corrected chi connectivity index (χ1v) is 6.23. The lowest BCUT2D eigenvalue weighted by molar-refractivity contribution is -0.137. The number of benzene rings is 1. The van der Waals surface area contributed by atoms with Gasteiger partial charge in [0.05, 0.1) is 0 Å². The maximum absolute atomic E-state index is 10.5. The van der Waals surface area contributed by atoms with Gasteiger partial charge in [0, 0.05) is 30.2 Å². The number of anilines is 1. The van der Waals surface area contributed by atoms with E-state index in [1.807, 2.05) is 24.3 Å². The summed E-state index contributed by atoms with van der Waals surface area (Å²) in [5, 5.41) is 9.35. The van der Waals surface area contributed by atoms with Crippen molar-refractivity contribution in [3.63, 3.8) is 0 Å². The topological polar surface area (TPSA) is 40.5 Å². The molecule has 0 saturated heterocycles. The highest BCUT2D eigenvalue weighted by Gasteiger charge is 2.06. The Balaban J connectivity index is 2.58. The monoisotopic (exact) mass is 255 g/mol. The van der Waals surface area contributed by atoms with E-state index in [0.29, 0.717) is 6.42 Å². The second kappa shape index (κ2) is 7.17. The van der Waals surface area contributed by atoms with E-state index >= 15 is 0 Å². The van der Waals surface area contributed by atoms with Gasteiger partial charge in [-0.15, -0.1) is 0 Å². The Kier molecular flexibility index (Phi) is 5.84. The summed E-state index contributed by atoms with van der Waals surface area (Å²) < 4.78 is 0. The van der Waals surface area contributed by atoms with Crippen molar-refractivity contribution in [1.82, 2.24) is 0 Å². The average molecular weight is 256 g/mol. The molecule has 0 unspecified atom stereocenters. The second-order valence-electron chi connectivity index (χ2n) is 3.96. The first-order valence-electron chi connectivity index (χ1n) is 5.85. The van der Waals surface area contributed by atoms with Crippen LogP contribution in [0.15, 0.2) is 24.3 Å². The molecule has 0 radical (unpaired) electrons. The van der Waals surface area contributed by atoms with Crippen LogP contribution in [0.5, 0.6) is 0 Å². The van der Waals surface area contributed by atoms with Crippen molar-refractivity contribution < 1.29 is 9.90 Å². The SMILES string of the molecule is CCCN(CCCC(=O)O)c1ccc(Cl)cc1. The molecular weight excluding hydrogens is 238 g/mol. The number of hydrogen-bond donors (Lipinski definition) is 1. The highest BCUT2D eigenvalue weighted by Crippen LogP contribution is 2.18. The van der Waals surface area contributed by atoms with Crippen molar-refractivity contribution in [2.75, 3.05) is 18.0 Å². The van der Waals surface area contributed by atoms with Gasteiger partial charge in [-0.3, -0.25) is 4.79 Å². The molecule has 0 fully saturated rings. The number of carbonyl (C=O) groups is 1. The van der Waals surface area contributed by atoms with Crippen LogP contribution < -0.4 is 4.90 Å². The fourth-order valence-corrected chi connectivity index (χ4v) is 1.84. The molecule has 0 amide bonds. The van der Waals surface area contributed by atoms with Gasteiger partial charge in [-0.25, -0.2) is 0 Å². The molecule has 17 heavy (non-hydrogen) atoms. The molecule has 0 bridgehead atoms. The van der Waals surface area contributed by atoms with Crippen molar-refractivity contribution in [2.45, 2.75) is 26.2 Å². The van der Waals surface area contributed by atoms with Crippen LogP contribution in [0.25, 0.3) is 0 Å². The molecule has 0 atom stereocenters. The van der Waals surface area contributed by atoms with Crippen LogP contribution in [0, 0.1) is 0 Å².